The number of unbranched alkanes of at least 4 members (excludes halogenated alkanes) is 24. The number of carbonyl (C=O) groups is 1. The molecule has 0 aliphatic heterocycles. The van der Waals surface area contributed by atoms with Gasteiger partial charge in [-0.15, -0.1) is 0 Å². The summed E-state index contributed by atoms with van der Waals surface area (Å²) in [6.45, 7) is 4.10. The van der Waals surface area contributed by atoms with E-state index in [0.29, 0.717) is 6.42 Å². The molecule has 0 spiro atoms. The second-order valence-corrected chi connectivity index (χ2v) is 13.8. The number of aliphatic hydroxyl groups is 3. The van der Waals surface area contributed by atoms with Gasteiger partial charge in [-0.1, -0.05) is 185 Å². The van der Waals surface area contributed by atoms with E-state index in [1.54, 1.807) is 6.08 Å². The third kappa shape index (κ3) is 32.9. The smallest absolute Gasteiger partial charge is 0.249 e. The van der Waals surface area contributed by atoms with Gasteiger partial charge >= 0.3 is 0 Å². The Morgan fingerprint density at radius 1 is 0.511 bits per heavy atom. The third-order valence-corrected chi connectivity index (χ3v) is 9.20. The molecule has 276 valence electrons. The van der Waals surface area contributed by atoms with Crippen molar-refractivity contribution in [1.82, 2.24) is 5.32 Å². The van der Waals surface area contributed by atoms with Crippen LogP contribution in [0.1, 0.15) is 200 Å². The fourth-order valence-electron chi connectivity index (χ4n) is 5.95. The summed E-state index contributed by atoms with van der Waals surface area (Å²) in [5.74, 6) is -0.529. The number of carbonyl (C=O) groups excluding carboxylic acids is 1. The molecule has 4 N–H and O–H groups in total. The van der Waals surface area contributed by atoms with Crippen LogP contribution in [0.2, 0.25) is 0 Å². The van der Waals surface area contributed by atoms with Gasteiger partial charge in [-0.05, 0) is 51.4 Å². The predicted molar refractivity (Wildman–Crippen MR) is 204 cm³/mol. The molecule has 0 saturated carbocycles. The maximum atomic E-state index is 12.3. The summed E-state index contributed by atoms with van der Waals surface area (Å²) >= 11 is 0. The van der Waals surface area contributed by atoms with Crippen LogP contribution < -0.4 is 5.32 Å². The molecule has 5 nitrogen and oxygen atoms in total. The van der Waals surface area contributed by atoms with E-state index in [2.05, 4.69) is 43.5 Å². The molecule has 0 aliphatic rings. The highest BCUT2D eigenvalue weighted by molar-refractivity contribution is 5.80. The summed E-state index contributed by atoms with van der Waals surface area (Å²) in [5, 5.41) is 32.9. The summed E-state index contributed by atoms with van der Waals surface area (Å²) in [6, 6.07) is -0.818. The van der Waals surface area contributed by atoms with Crippen molar-refractivity contribution < 1.29 is 20.1 Å². The Kier molecular flexibility index (Phi) is 36.3. The first-order chi connectivity index (χ1) is 23.1. The van der Waals surface area contributed by atoms with Gasteiger partial charge in [0.1, 0.15) is 6.10 Å². The lowest BCUT2D eigenvalue weighted by Gasteiger charge is -2.21. The molecular formula is C42H79NO4. The molecule has 0 saturated heterocycles. The van der Waals surface area contributed by atoms with Crippen LogP contribution in [-0.4, -0.2) is 46.1 Å². The van der Waals surface area contributed by atoms with Crippen molar-refractivity contribution >= 4 is 5.91 Å². The number of rotatable bonds is 36. The Balaban J connectivity index is 3.67. The Morgan fingerprint density at radius 2 is 0.894 bits per heavy atom. The van der Waals surface area contributed by atoms with Crippen LogP contribution in [0.3, 0.4) is 0 Å². The number of hydrogen-bond donors (Lipinski definition) is 4. The first-order valence-corrected chi connectivity index (χ1v) is 20.3. The average molecular weight is 662 g/mol. The topological polar surface area (TPSA) is 89.8 Å². The minimum atomic E-state index is -1.12. The van der Waals surface area contributed by atoms with Gasteiger partial charge in [0.25, 0.3) is 0 Å². The van der Waals surface area contributed by atoms with E-state index in [9.17, 15) is 20.1 Å². The van der Waals surface area contributed by atoms with Crippen molar-refractivity contribution in [2.24, 2.45) is 0 Å². The van der Waals surface area contributed by atoms with Crippen LogP contribution in [0.25, 0.3) is 0 Å². The summed E-state index contributed by atoms with van der Waals surface area (Å²) in [4.78, 5) is 12.3. The Morgan fingerprint density at radius 3 is 1.36 bits per heavy atom. The Hall–Kier alpha value is -1.43. The van der Waals surface area contributed by atoms with E-state index in [0.717, 1.165) is 51.4 Å². The first kappa shape index (κ1) is 45.6. The van der Waals surface area contributed by atoms with Gasteiger partial charge in [-0.25, -0.2) is 0 Å². The lowest BCUT2D eigenvalue weighted by atomic mass is 10.0. The molecule has 47 heavy (non-hydrogen) atoms. The molecule has 0 aromatic rings. The van der Waals surface area contributed by atoms with Crippen LogP contribution >= 0.6 is 0 Å². The van der Waals surface area contributed by atoms with Gasteiger partial charge in [0, 0.05) is 0 Å². The van der Waals surface area contributed by atoms with Gasteiger partial charge in [-0.2, -0.15) is 0 Å². The van der Waals surface area contributed by atoms with E-state index in [-0.39, 0.29) is 6.61 Å². The Labute approximate surface area is 292 Å². The van der Waals surface area contributed by atoms with Crippen molar-refractivity contribution in [1.29, 1.82) is 0 Å². The molecule has 0 bridgehead atoms. The van der Waals surface area contributed by atoms with Gasteiger partial charge in [0.2, 0.25) is 5.91 Å². The zero-order valence-corrected chi connectivity index (χ0v) is 31.2. The quantitative estimate of drug-likeness (QED) is 0.0397. The SMILES string of the molecule is CCCC/C=C\CCCCCC(O)C(=O)NC(CO)C(O)/C=C/CC/C=C/CCCCCCCCCCCCCCCCCCCC. The van der Waals surface area contributed by atoms with Gasteiger partial charge < -0.3 is 20.6 Å². The lowest BCUT2D eigenvalue weighted by Crippen LogP contribution is -2.48. The zero-order chi connectivity index (χ0) is 34.5. The minimum Gasteiger partial charge on any atom is -0.394 e. The Bertz CT molecular complexity index is 734. The monoisotopic (exact) mass is 662 g/mol. The highest BCUT2D eigenvalue weighted by atomic mass is 16.3. The van der Waals surface area contributed by atoms with Crippen LogP contribution in [0.5, 0.6) is 0 Å². The van der Waals surface area contributed by atoms with E-state index in [1.165, 1.54) is 128 Å². The van der Waals surface area contributed by atoms with Crippen molar-refractivity contribution in [3.8, 4) is 0 Å². The number of aliphatic hydroxyl groups excluding tert-OH is 3. The van der Waals surface area contributed by atoms with Crippen molar-refractivity contribution in [3.63, 3.8) is 0 Å². The van der Waals surface area contributed by atoms with Gasteiger partial charge in [0.15, 0.2) is 0 Å². The number of allylic oxidation sites excluding steroid dienone is 5. The second-order valence-electron chi connectivity index (χ2n) is 13.8. The van der Waals surface area contributed by atoms with Crippen molar-refractivity contribution in [2.45, 2.75) is 218 Å². The highest BCUT2D eigenvalue weighted by Gasteiger charge is 2.22. The average Bonchev–Trinajstić information content (AvgIpc) is 3.07. The van der Waals surface area contributed by atoms with E-state index < -0.39 is 24.2 Å². The predicted octanol–water partition coefficient (Wildman–Crippen LogP) is 11.2. The summed E-state index contributed by atoms with van der Waals surface area (Å²) in [7, 11) is 0. The van der Waals surface area contributed by atoms with E-state index in [4.69, 9.17) is 0 Å². The van der Waals surface area contributed by atoms with E-state index in [1.807, 2.05) is 6.08 Å². The van der Waals surface area contributed by atoms with Crippen molar-refractivity contribution in [2.75, 3.05) is 6.61 Å². The van der Waals surface area contributed by atoms with E-state index >= 15 is 0 Å². The van der Waals surface area contributed by atoms with Crippen LogP contribution in [0, 0.1) is 0 Å². The molecule has 0 aromatic heterocycles. The molecule has 0 aliphatic carbocycles. The number of amides is 1. The summed E-state index contributed by atoms with van der Waals surface area (Å²) < 4.78 is 0. The molecule has 0 heterocycles. The number of hydrogen-bond acceptors (Lipinski definition) is 4. The molecule has 0 fully saturated rings. The molecule has 3 unspecified atom stereocenters. The second kappa shape index (κ2) is 37.4. The highest BCUT2D eigenvalue weighted by Crippen LogP contribution is 2.15. The largest absolute Gasteiger partial charge is 0.394 e. The van der Waals surface area contributed by atoms with Crippen LogP contribution in [0.15, 0.2) is 36.5 Å². The van der Waals surface area contributed by atoms with Crippen molar-refractivity contribution in [3.05, 3.63) is 36.5 Å². The maximum Gasteiger partial charge on any atom is 0.249 e. The molecule has 0 aromatic carbocycles. The molecule has 0 rings (SSSR count). The summed E-state index contributed by atoms with van der Waals surface area (Å²) in [5.41, 5.74) is 0. The fraction of sp³-hybridized carbons (Fsp3) is 0.833. The molecular weight excluding hydrogens is 582 g/mol. The molecule has 3 atom stereocenters. The first-order valence-electron chi connectivity index (χ1n) is 20.3. The standard InChI is InChI=1S/C42H79NO4/c1-3-5-7-9-11-13-14-15-16-17-18-19-20-21-22-23-24-25-26-27-29-30-32-34-36-40(45)39(38-44)43-42(47)41(46)37-35-33-31-28-12-10-8-6-4-2/h10,12,27,29,34,36,39-41,44-46H,3-9,11,13-26,28,30-33,35,37-38H2,1-2H3,(H,43,47)/b12-10-,29-27+,36-34+. The van der Waals surface area contributed by atoms with Gasteiger partial charge in [0.05, 0.1) is 18.8 Å². The molecule has 1 amide bonds. The summed E-state index contributed by atoms with van der Waals surface area (Å²) in [6.07, 6.45) is 46.2. The van der Waals surface area contributed by atoms with Crippen LogP contribution in [-0.2, 0) is 4.79 Å². The zero-order valence-electron chi connectivity index (χ0n) is 31.2. The molecule has 5 heteroatoms. The lowest BCUT2D eigenvalue weighted by molar-refractivity contribution is -0.131. The van der Waals surface area contributed by atoms with Crippen LogP contribution in [0.4, 0.5) is 0 Å². The molecule has 0 radical (unpaired) electrons. The normalized spacial score (nSPS) is 14.1. The van der Waals surface area contributed by atoms with Gasteiger partial charge in [-0.3, -0.25) is 4.79 Å². The number of nitrogens with one attached hydrogen (secondary N) is 1. The third-order valence-electron chi connectivity index (χ3n) is 9.20. The maximum absolute atomic E-state index is 12.3. The minimum absolute atomic E-state index is 0.381. The fourth-order valence-corrected chi connectivity index (χ4v) is 5.95.